The van der Waals surface area contributed by atoms with Crippen LogP contribution in [0.2, 0.25) is 0 Å². The summed E-state index contributed by atoms with van der Waals surface area (Å²) >= 11 is 0. The van der Waals surface area contributed by atoms with Crippen LogP contribution < -0.4 is 0 Å². The third kappa shape index (κ3) is 3.51. The minimum absolute atomic E-state index is 0.901. The van der Waals surface area contributed by atoms with Crippen LogP contribution in [0.15, 0.2) is 114 Å². The van der Waals surface area contributed by atoms with Gasteiger partial charge in [0.25, 0.3) is 0 Å². The zero-order valence-electron chi connectivity index (χ0n) is 16.0. The van der Waals surface area contributed by atoms with E-state index in [2.05, 4.69) is 78.9 Å². The number of furan rings is 1. The van der Waals surface area contributed by atoms with Crippen molar-refractivity contribution in [2.45, 2.75) is 0 Å². The molecule has 0 saturated heterocycles. The molecule has 0 amide bonds. The smallest absolute Gasteiger partial charge is 0.143 e. The van der Waals surface area contributed by atoms with Crippen LogP contribution >= 0.6 is 0 Å². The Morgan fingerprint density at radius 2 is 1.10 bits per heavy atom. The summed E-state index contributed by atoms with van der Waals surface area (Å²) in [5, 5.41) is 1.13. The highest BCUT2D eigenvalue weighted by Crippen LogP contribution is 2.41. The molecular weight excluding hydrogens is 352 g/mol. The highest BCUT2D eigenvalue weighted by atomic mass is 16.3. The van der Waals surface area contributed by atoms with E-state index in [0.717, 1.165) is 39.0 Å². The Morgan fingerprint density at radius 3 is 1.79 bits per heavy atom. The fraction of sp³-hybridized carbons (Fsp3) is 0. The zero-order valence-corrected chi connectivity index (χ0v) is 16.0. The largest absolute Gasteiger partial charge is 0.455 e. The molecule has 0 saturated carbocycles. The van der Waals surface area contributed by atoms with Crippen molar-refractivity contribution in [2.24, 2.45) is 0 Å². The molecule has 29 heavy (non-hydrogen) atoms. The molecule has 0 bridgehead atoms. The standard InChI is InChI=1S/C28H20O/c1-4-10-21(11-5-1)16-17-22-18-19-25-26(20-22)29-28(24-14-8-3-9-15-24)27(25)23-12-6-2-7-13-23/h1-20H/b17-16+. The molecule has 0 N–H and O–H groups in total. The molecule has 0 aliphatic carbocycles. The molecule has 1 heterocycles. The lowest BCUT2D eigenvalue weighted by Gasteiger charge is -2.03. The summed E-state index contributed by atoms with van der Waals surface area (Å²) < 4.78 is 6.40. The molecule has 0 radical (unpaired) electrons. The first kappa shape index (κ1) is 17.3. The zero-order chi connectivity index (χ0) is 19.5. The van der Waals surface area contributed by atoms with Crippen LogP contribution in [0.5, 0.6) is 0 Å². The summed E-state index contributed by atoms with van der Waals surface area (Å²) in [4.78, 5) is 0. The molecule has 0 spiro atoms. The Labute approximate surface area is 170 Å². The minimum atomic E-state index is 0.901. The van der Waals surface area contributed by atoms with Crippen LogP contribution in [0.25, 0.3) is 45.6 Å². The van der Waals surface area contributed by atoms with Crippen molar-refractivity contribution in [3.63, 3.8) is 0 Å². The van der Waals surface area contributed by atoms with Gasteiger partial charge in [0.2, 0.25) is 0 Å². The van der Waals surface area contributed by atoms with Gasteiger partial charge < -0.3 is 4.42 Å². The summed E-state index contributed by atoms with van der Waals surface area (Å²) in [6, 6.07) is 37.5. The molecule has 0 fully saturated rings. The van der Waals surface area contributed by atoms with Gasteiger partial charge in [-0.3, -0.25) is 0 Å². The average molecular weight is 372 g/mol. The third-order valence-corrected chi connectivity index (χ3v) is 5.08. The number of fused-ring (bicyclic) bond motifs is 1. The van der Waals surface area contributed by atoms with E-state index in [0.29, 0.717) is 0 Å². The van der Waals surface area contributed by atoms with Gasteiger partial charge in [0.15, 0.2) is 0 Å². The fourth-order valence-electron chi connectivity index (χ4n) is 3.66. The van der Waals surface area contributed by atoms with E-state index in [-0.39, 0.29) is 0 Å². The second-order valence-corrected chi connectivity index (χ2v) is 7.04. The third-order valence-electron chi connectivity index (χ3n) is 5.08. The predicted octanol–water partition coefficient (Wildman–Crippen LogP) is 7.94. The quantitative estimate of drug-likeness (QED) is 0.292. The molecule has 1 heteroatoms. The highest BCUT2D eigenvalue weighted by molar-refractivity contribution is 6.02. The Hall–Kier alpha value is -3.84. The van der Waals surface area contributed by atoms with Crippen molar-refractivity contribution in [2.75, 3.05) is 0 Å². The van der Waals surface area contributed by atoms with Crippen molar-refractivity contribution in [3.05, 3.63) is 120 Å². The molecule has 0 aliphatic heterocycles. The monoisotopic (exact) mass is 372 g/mol. The maximum absolute atomic E-state index is 6.40. The van der Waals surface area contributed by atoms with E-state index in [4.69, 9.17) is 4.42 Å². The molecule has 0 atom stereocenters. The Kier molecular flexibility index (Phi) is 4.56. The van der Waals surface area contributed by atoms with E-state index in [1.54, 1.807) is 0 Å². The van der Waals surface area contributed by atoms with Crippen LogP contribution in [-0.2, 0) is 0 Å². The summed E-state index contributed by atoms with van der Waals surface area (Å²) in [6.07, 6.45) is 4.25. The van der Waals surface area contributed by atoms with Gasteiger partial charge >= 0.3 is 0 Å². The van der Waals surface area contributed by atoms with Gasteiger partial charge in [-0.15, -0.1) is 0 Å². The Balaban J connectivity index is 1.65. The predicted molar refractivity (Wildman–Crippen MR) is 122 cm³/mol. The summed E-state index contributed by atoms with van der Waals surface area (Å²) in [7, 11) is 0. The normalized spacial score (nSPS) is 11.3. The first-order chi connectivity index (χ1) is 14.4. The van der Waals surface area contributed by atoms with Gasteiger partial charge in [-0.2, -0.15) is 0 Å². The first-order valence-corrected chi connectivity index (χ1v) is 9.79. The van der Waals surface area contributed by atoms with E-state index in [9.17, 15) is 0 Å². The Morgan fingerprint density at radius 1 is 0.517 bits per heavy atom. The maximum atomic E-state index is 6.40. The van der Waals surface area contributed by atoms with Gasteiger partial charge in [0, 0.05) is 16.5 Å². The van der Waals surface area contributed by atoms with E-state index < -0.39 is 0 Å². The van der Waals surface area contributed by atoms with Gasteiger partial charge in [0.05, 0.1) is 0 Å². The molecule has 4 aromatic carbocycles. The molecule has 5 aromatic rings. The topological polar surface area (TPSA) is 13.1 Å². The molecule has 5 rings (SSSR count). The van der Waals surface area contributed by atoms with Crippen molar-refractivity contribution in [1.82, 2.24) is 0 Å². The molecule has 0 aliphatic rings. The highest BCUT2D eigenvalue weighted by Gasteiger charge is 2.17. The SMILES string of the molecule is C(=C\c1ccc2c(-c3ccccc3)c(-c3ccccc3)oc2c1)/c1ccccc1. The van der Waals surface area contributed by atoms with Gasteiger partial charge in [-0.25, -0.2) is 0 Å². The molecular formula is C28H20O. The van der Waals surface area contributed by atoms with Crippen LogP contribution in [0.3, 0.4) is 0 Å². The van der Waals surface area contributed by atoms with E-state index >= 15 is 0 Å². The van der Waals surface area contributed by atoms with Crippen molar-refractivity contribution in [1.29, 1.82) is 0 Å². The van der Waals surface area contributed by atoms with Gasteiger partial charge in [-0.1, -0.05) is 109 Å². The summed E-state index contributed by atoms with van der Waals surface area (Å²) in [6.45, 7) is 0. The molecule has 138 valence electrons. The number of benzene rings is 4. The van der Waals surface area contributed by atoms with Crippen LogP contribution in [0, 0.1) is 0 Å². The van der Waals surface area contributed by atoms with Crippen LogP contribution in [0.4, 0.5) is 0 Å². The lowest BCUT2D eigenvalue weighted by Crippen LogP contribution is -1.80. The number of hydrogen-bond donors (Lipinski definition) is 0. The summed E-state index contributed by atoms with van der Waals surface area (Å²) in [5.41, 5.74) is 6.60. The first-order valence-electron chi connectivity index (χ1n) is 9.79. The molecule has 1 aromatic heterocycles. The molecule has 0 unspecified atom stereocenters. The average Bonchev–Trinajstić information content (AvgIpc) is 3.18. The van der Waals surface area contributed by atoms with Crippen molar-refractivity contribution < 1.29 is 4.42 Å². The Bertz CT molecular complexity index is 1260. The second kappa shape index (κ2) is 7.65. The fourth-order valence-corrected chi connectivity index (χ4v) is 3.66. The lowest BCUT2D eigenvalue weighted by molar-refractivity contribution is 0.632. The van der Waals surface area contributed by atoms with Gasteiger partial charge in [0.1, 0.15) is 11.3 Å². The van der Waals surface area contributed by atoms with Gasteiger partial charge in [-0.05, 0) is 28.8 Å². The van der Waals surface area contributed by atoms with Crippen molar-refractivity contribution in [3.8, 4) is 22.5 Å². The van der Waals surface area contributed by atoms with Crippen LogP contribution in [-0.4, -0.2) is 0 Å². The minimum Gasteiger partial charge on any atom is -0.455 e. The number of rotatable bonds is 4. The summed E-state index contributed by atoms with van der Waals surface area (Å²) in [5.74, 6) is 0.913. The van der Waals surface area contributed by atoms with E-state index in [1.807, 2.05) is 42.5 Å². The van der Waals surface area contributed by atoms with E-state index in [1.165, 1.54) is 5.56 Å². The van der Waals surface area contributed by atoms with Crippen LogP contribution in [0.1, 0.15) is 11.1 Å². The second-order valence-electron chi connectivity index (χ2n) is 7.04. The lowest BCUT2D eigenvalue weighted by atomic mass is 9.98. The maximum Gasteiger partial charge on any atom is 0.143 e. The number of hydrogen-bond acceptors (Lipinski definition) is 1. The van der Waals surface area contributed by atoms with Crippen molar-refractivity contribution >= 4 is 23.1 Å². The molecule has 1 nitrogen and oxygen atoms in total.